The van der Waals surface area contributed by atoms with Gasteiger partial charge in [-0.05, 0) is 119 Å². The highest BCUT2D eigenvalue weighted by Gasteiger charge is 2.62. The van der Waals surface area contributed by atoms with E-state index in [2.05, 4.69) is 27.7 Å². The maximum Gasteiger partial charge on any atom is 0.159 e. The van der Waals surface area contributed by atoms with Gasteiger partial charge >= 0.3 is 0 Å². The third-order valence-electron chi connectivity index (χ3n) is 10.7. The number of hydrogen-bond acceptors (Lipinski definition) is 3. The Labute approximate surface area is 190 Å². The van der Waals surface area contributed by atoms with Gasteiger partial charge in [0.1, 0.15) is 0 Å². The van der Waals surface area contributed by atoms with Crippen LogP contribution in [0.15, 0.2) is 11.6 Å². The number of carbonyl (C=O) groups is 1. The van der Waals surface area contributed by atoms with Crippen LogP contribution in [0.1, 0.15) is 106 Å². The van der Waals surface area contributed by atoms with Crippen molar-refractivity contribution >= 4 is 5.78 Å². The Morgan fingerprint density at radius 3 is 2.48 bits per heavy atom. The van der Waals surface area contributed by atoms with Crippen molar-refractivity contribution in [1.82, 2.24) is 0 Å². The highest BCUT2D eigenvalue weighted by atomic mass is 16.3. The fourth-order valence-electron chi connectivity index (χ4n) is 8.52. The van der Waals surface area contributed by atoms with Crippen LogP contribution in [-0.4, -0.2) is 27.2 Å². The zero-order valence-corrected chi connectivity index (χ0v) is 20.8. The molecule has 0 aromatic carbocycles. The van der Waals surface area contributed by atoms with E-state index >= 15 is 0 Å². The molecule has 4 aliphatic carbocycles. The first-order valence-corrected chi connectivity index (χ1v) is 13.0. The zero-order valence-electron chi connectivity index (χ0n) is 20.8. The van der Waals surface area contributed by atoms with Crippen LogP contribution in [0.2, 0.25) is 0 Å². The summed E-state index contributed by atoms with van der Waals surface area (Å²) in [6.07, 6.45) is 12.0. The second-order valence-corrected chi connectivity index (χ2v) is 13.0. The molecule has 31 heavy (non-hydrogen) atoms. The van der Waals surface area contributed by atoms with Gasteiger partial charge in [-0.1, -0.05) is 33.3 Å². The summed E-state index contributed by atoms with van der Waals surface area (Å²) in [5.74, 6) is 2.72. The average molecular weight is 431 g/mol. The van der Waals surface area contributed by atoms with Crippen LogP contribution in [0.4, 0.5) is 0 Å². The summed E-state index contributed by atoms with van der Waals surface area (Å²) >= 11 is 0. The molecule has 0 bridgehead atoms. The van der Waals surface area contributed by atoms with E-state index in [-0.39, 0.29) is 16.7 Å². The van der Waals surface area contributed by atoms with Gasteiger partial charge < -0.3 is 10.2 Å². The van der Waals surface area contributed by atoms with E-state index in [9.17, 15) is 15.0 Å². The van der Waals surface area contributed by atoms with Gasteiger partial charge in [-0.3, -0.25) is 4.79 Å². The molecule has 0 saturated heterocycles. The molecule has 3 nitrogen and oxygen atoms in total. The lowest BCUT2D eigenvalue weighted by molar-refractivity contribution is -0.136. The summed E-state index contributed by atoms with van der Waals surface area (Å²) in [5, 5.41) is 21.2. The smallest absolute Gasteiger partial charge is 0.159 e. The molecular weight excluding hydrogens is 384 g/mol. The summed E-state index contributed by atoms with van der Waals surface area (Å²) in [7, 11) is 0. The van der Waals surface area contributed by atoms with Gasteiger partial charge in [0.25, 0.3) is 0 Å². The molecule has 0 spiro atoms. The lowest BCUT2D eigenvalue weighted by Crippen LogP contribution is -2.55. The number of allylic oxidation sites excluding steroid dienone is 1. The molecule has 0 amide bonds. The zero-order chi connectivity index (χ0) is 22.8. The number of rotatable bonds is 5. The maximum absolute atomic E-state index is 13.6. The summed E-state index contributed by atoms with van der Waals surface area (Å²) < 4.78 is 0. The minimum atomic E-state index is -0.615. The first-order valence-electron chi connectivity index (χ1n) is 13.0. The predicted molar refractivity (Wildman–Crippen MR) is 126 cm³/mol. The predicted octanol–water partition coefficient (Wildman–Crippen LogP) is 6.07. The van der Waals surface area contributed by atoms with Crippen molar-refractivity contribution in [2.24, 2.45) is 40.4 Å². The standard InChI is InChI=1S/C28H46O3/c1-7-28(31)15-14-26(5)19(17-28)16-23(29)24-21-9-8-20(18(2)10-12-25(3,4)30)27(21,6)13-11-22(24)26/h16,18,20-22,24,30-31H,7-15,17H2,1-6H3/t18-,20-,21+,22+,24+,26+,27-,28+/m1/s1. The van der Waals surface area contributed by atoms with Crippen LogP contribution in [0.3, 0.4) is 0 Å². The van der Waals surface area contributed by atoms with E-state index in [4.69, 9.17) is 0 Å². The Hall–Kier alpha value is -0.670. The van der Waals surface area contributed by atoms with Gasteiger partial charge in [-0.2, -0.15) is 0 Å². The van der Waals surface area contributed by atoms with Gasteiger partial charge in [0.2, 0.25) is 0 Å². The van der Waals surface area contributed by atoms with Gasteiger partial charge in [0.05, 0.1) is 11.2 Å². The number of carbonyl (C=O) groups excluding carboxylic acids is 1. The van der Waals surface area contributed by atoms with Crippen molar-refractivity contribution in [3.05, 3.63) is 11.6 Å². The Bertz CT molecular complexity index is 748. The molecule has 0 aromatic rings. The second kappa shape index (κ2) is 7.69. The normalized spacial score (nSPS) is 46.1. The van der Waals surface area contributed by atoms with E-state index in [1.807, 2.05) is 19.9 Å². The van der Waals surface area contributed by atoms with Crippen molar-refractivity contribution in [2.75, 3.05) is 0 Å². The van der Waals surface area contributed by atoms with Gasteiger partial charge in [0.15, 0.2) is 5.78 Å². The molecule has 0 unspecified atom stereocenters. The van der Waals surface area contributed by atoms with Gasteiger partial charge in [-0.15, -0.1) is 0 Å². The van der Waals surface area contributed by atoms with E-state index in [1.54, 1.807) is 0 Å². The average Bonchev–Trinajstić information content (AvgIpc) is 3.04. The molecule has 4 aliphatic rings. The molecule has 0 aliphatic heterocycles. The summed E-state index contributed by atoms with van der Waals surface area (Å²) in [5.41, 5.74) is 0.366. The van der Waals surface area contributed by atoms with Gasteiger partial charge in [0, 0.05) is 5.92 Å². The van der Waals surface area contributed by atoms with Crippen LogP contribution >= 0.6 is 0 Å². The van der Waals surface area contributed by atoms with Crippen LogP contribution in [0.25, 0.3) is 0 Å². The molecule has 0 aromatic heterocycles. The molecule has 2 N–H and O–H groups in total. The fraction of sp³-hybridized carbons (Fsp3) is 0.893. The van der Waals surface area contributed by atoms with Crippen molar-refractivity contribution in [1.29, 1.82) is 0 Å². The van der Waals surface area contributed by atoms with E-state index in [0.29, 0.717) is 35.9 Å². The van der Waals surface area contributed by atoms with E-state index in [1.165, 1.54) is 24.8 Å². The molecule has 3 fully saturated rings. The topological polar surface area (TPSA) is 57.5 Å². The van der Waals surface area contributed by atoms with Crippen molar-refractivity contribution in [3.63, 3.8) is 0 Å². The third-order valence-corrected chi connectivity index (χ3v) is 10.7. The molecule has 3 heteroatoms. The Morgan fingerprint density at radius 2 is 1.84 bits per heavy atom. The first kappa shape index (κ1) is 23.5. The second-order valence-electron chi connectivity index (χ2n) is 13.0. The molecular formula is C28H46O3. The first-order chi connectivity index (χ1) is 14.3. The molecule has 8 atom stereocenters. The number of hydrogen-bond donors (Lipinski definition) is 2. The fourth-order valence-corrected chi connectivity index (χ4v) is 8.52. The Kier molecular flexibility index (Phi) is 5.83. The molecule has 4 rings (SSSR count). The minimum Gasteiger partial charge on any atom is -0.390 e. The molecule has 3 saturated carbocycles. The third kappa shape index (κ3) is 3.86. The summed E-state index contributed by atoms with van der Waals surface area (Å²) in [6, 6.07) is 0. The highest BCUT2D eigenvalue weighted by Crippen LogP contribution is 2.67. The highest BCUT2D eigenvalue weighted by molar-refractivity contribution is 5.94. The minimum absolute atomic E-state index is 0.0892. The van der Waals surface area contributed by atoms with Crippen LogP contribution < -0.4 is 0 Å². The Balaban J connectivity index is 1.58. The van der Waals surface area contributed by atoms with Crippen molar-refractivity contribution in [2.45, 2.75) is 117 Å². The van der Waals surface area contributed by atoms with E-state index in [0.717, 1.165) is 38.5 Å². The number of ketones is 1. The SMILES string of the molecule is CC[C@]1(O)CC[C@@]2(C)C(=CC(=O)[C@H]3[C@@H]4CC[C@H]([C@H](C)CCC(C)(C)O)[C@@]4(C)CC[C@@H]32)C1. The molecule has 0 radical (unpaired) electrons. The molecule has 0 heterocycles. The van der Waals surface area contributed by atoms with E-state index < -0.39 is 11.2 Å². The number of aliphatic hydroxyl groups is 2. The monoisotopic (exact) mass is 430 g/mol. The van der Waals surface area contributed by atoms with Gasteiger partial charge in [-0.25, -0.2) is 0 Å². The Morgan fingerprint density at radius 1 is 1.13 bits per heavy atom. The summed E-state index contributed by atoms with van der Waals surface area (Å²) in [6.45, 7) is 13.2. The lowest BCUT2D eigenvalue weighted by Gasteiger charge is -2.58. The van der Waals surface area contributed by atoms with Crippen LogP contribution in [0, 0.1) is 40.4 Å². The van der Waals surface area contributed by atoms with Crippen LogP contribution in [-0.2, 0) is 4.79 Å². The molecule has 176 valence electrons. The number of fused-ring (bicyclic) bond motifs is 5. The van der Waals surface area contributed by atoms with Crippen LogP contribution in [0.5, 0.6) is 0 Å². The lowest BCUT2D eigenvalue weighted by atomic mass is 9.46. The quantitative estimate of drug-likeness (QED) is 0.556. The maximum atomic E-state index is 13.6. The van der Waals surface area contributed by atoms with Crippen molar-refractivity contribution < 1.29 is 15.0 Å². The summed E-state index contributed by atoms with van der Waals surface area (Å²) in [4.78, 5) is 13.6. The largest absolute Gasteiger partial charge is 0.390 e. The van der Waals surface area contributed by atoms with Crippen molar-refractivity contribution in [3.8, 4) is 0 Å².